The van der Waals surface area contributed by atoms with Gasteiger partial charge in [-0.25, -0.2) is 0 Å². The molecule has 2 saturated carbocycles. The average Bonchev–Trinajstić information content (AvgIpc) is 3.20. The highest BCUT2D eigenvalue weighted by molar-refractivity contribution is 5.98. The minimum atomic E-state index is -0.302. The Morgan fingerprint density at radius 1 is 1.07 bits per heavy atom. The first-order valence-corrected chi connectivity index (χ1v) is 11.1. The van der Waals surface area contributed by atoms with E-state index in [1.54, 1.807) is 7.11 Å². The normalized spacial score (nSPS) is 27.1. The summed E-state index contributed by atoms with van der Waals surface area (Å²) < 4.78 is 5.44. The Balaban J connectivity index is 1.49. The van der Waals surface area contributed by atoms with E-state index < -0.39 is 0 Å². The van der Waals surface area contributed by atoms with Gasteiger partial charge in [0.25, 0.3) is 0 Å². The number of fused-ring (bicyclic) bond motifs is 1. The summed E-state index contributed by atoms with van der Waals surface area (Å²) in [5.74, 6) is 1.25. The fraction of sp³-hybridized carbons (Fsp3) is 0.652. The lowest BCUT2D eigenvalue weighted by Crippen LogP contribution is -2.44. The van der Waals surface area contributed by atoms with Gasteiger partial charge in [0, 0.05) is 18.2 Å². The largest absolute Gasteiger partial charge is 0.495 e. The third-order valence-electron chi connectivity index (χ3n) is 7.18. The lowest BCUT2D eigenvalue weighted by atomic mass is 9.67. The zero-order chi connectivity index (χ0) is 20.3. The highest BCUT2D eigenvalue weighted by atomic mass is 16.5. The molecule has 1 saturated heterocycles. The van der Waals surface area contributed by atoms with Gasteiger partial charge in [0.1, 0.15) is 5.75 Å². The predicted octanol–water partition coefficient (Wildman–Crippen LogP) is 3.93. The Bertz CT molecular complexity index is 760. The van der Waals surface area contributed by atoms with Crippen LogP contribution in [0.5, 0.6) is 5.75 Å². The molecule has 1 heterocycles. The second-order valence-corrected chi connectivity index (χ2v) is 8.92. The summed E-state index contributed by atoms with van der Waals surface area (Å²) in [6.45, 7) is 1.68. The maximum absolute atomic E-state index is 13.2. The van der Waals surface area contributed by atoms with Gasteiger partial charge in [0.15, 0.2) is 0 Å². The first kappa shape index (κ1) is 20.2. The number of rotatable bonds is 5. The standard InChI is InChI=1S/C23H33N3O3/c1-29-20-11-10-18(13-19(20)26-21(27)16-7-3-2-4-8-16)25-22(28)23-12-6-5-9-17(23)14-24-15-23/h10-11,13,16-17,24H,2-9,12,14-15H2,1H3,(H,25,28)(H,26,27)/t17-,23+/m0/s1. The molecule has 158 valence electrons. The van der Waals surface area contributed by atoms with Gasteiger partial charge in [0.2, 0.25) is 11.8 Å². The van der Waals surface area contributed by atoms with Gasteiger partial charge in [-0.3, -0.25) is 9.59 Å². The van der Waals surface area contributed by atoms with E-state index in [-0.39, 0.29) is 23.1 Å². The van der Waals surface area contributed by atoms with Crippen LogP contribution >= 0.6 is 0 Å². The number of carbonyl (C=O) groups excluding carboxylic acids is 2. The molecule has 6 heteroatoms. The second kappa shape index (κ2) is 8.74. The molecule has 3 aliphatic rings. The summed E-state index contributed by atoms with van der Waals surface area (Å²) in [7, 11) is 1.60. The molecule has 0 radical (unpaired) electrons. The SMILES string of the molecule is COc1ccc(NC(=O)[C@@]23CCCC[C@H]2CNC3)cc1NC(=O)C1CCCCC1. The number of hydrogen-bond donors (Lipinski definition) is 3. The van der Waals surface area contributed by atoms with Gasteiger partial charge in [-0.2, -0.15) is 0 Å². The number of amides is 2. The summed E-state index contributed by atoms with van der Waals surface area (Å²) in [5.41, 5.74) is 1.03. The highest BCUT2D eigenvalue weighted by Gasteiger charge is 2.49. The van der Waals surface area contributed by atoms with Crippen LogP contribution in [0.1, 0.15) is 57.8 Å². The van der Waals surface area contributed by atoms with Gasteiger partial charge in [-0.15, -0.1) is 0 Å². The van der Waals surface area contributed by atoms with E-state index in [0.717, 1.165) is 58.0 Å². The monoisotopic (exact) mass is 399 g/mol. The van der Waals surface area contributed by atoms with Crippen molar-refractivity contribution < 1.29 is 14.3 Å². The van der Waals surface area contributed by atoms with Crippen LogP contribution in [0.25, 0.3) is 0 Å². The van der Waals surface area contributed by atoms with Crippen LogP contribution in [0.15, 0.2) is 18.2 Å². The summed E-state index contributed by atoms with van der Waals surface area (Å²) in [4.78, 5) is 25.9. The van der Waals surface area contributed by atoms with Crippen LogP contribution in [0.4, 0.5) is 11.4 Å². The molecule has 3 fully saturated rings. The Labute approximate surface area is 173 Å². The molecule has 0 spiro atoms. The molecule has 6 nitrogen and oxygen atoms in total. The lowest BCUT2D eigenvalue weighted by Gasteiger charge is -2.37. The summed E-state index contributed by atoms with van der Waals surface area (Å²) in [6, 6.07) is 5.49. The molecular formula is C23H33N3O3. The van der Waals surface area contributed by atoms with Crippen molar-refractivity contribution in [1.29, 1.82) is 0 Å². The maximum atomic E-state index is 13.2. The number of methoxy groups -OCH3 is 1. The zero-order valence-corrected chi connectivity index (χ0v) is 17.4. The molecule has 0 aromatic heterocycles. The van der Waals surface area contributed by atoms with Crippen molar-refractivity contribution in [2.24, 2.45) is 17.3 Å². The van der Waals surface area contributed by atoms with E-state index in [1.165, 1.54) is 12.8 Å². The van der Waals surface area contributed by atoms with Crippen LogP contribution in [0.3, 0.4) is 0 Å². The van der Waals surface area contributed by atoms with Crippen molar-refractivity contribution in [3.8, 4) is 5.75 Å². The minimum absolute atomic E-state index is 0.0532. The molecule has 0 unspecified atom stereocenters. The van der Waals surface area contributed by atoms with E-state index in [0.29, 0.717) is 23.0 Å². The zero-order valence-electron chi connectivity index (χ0n) is 17.4. The third kappa shape index (κ3) is 4.13. The molecule has 3 N–H and O–H groups in total. The quantitative estimate of drug-likeness (QED) is 0.701. The van der Waals surface area contributed by atoms with Gasteiger partial charge in [-0.05, 0) is 56.3 Å². The van der Waals surface area contributed by atoms with Crippen molar-refractivity contribution >= 4 is 23.2 Å². The topological polar surface area (TPSA) is 79.5 Å². The fourth-order valence-corrected chi connectivity index (χ4v) is 5.43. The maximum Gasteiger partial charge on any atom is 0.232 e. The van der Waals surface area contributed by atoms with E-state index in [2.05, 4.69) is 16.0 Å². The predicted molar refractivity (Wildman–Crippen MR) is 114 cm³/mol. The van der Waals surface area contributed by atoms with Crippen LogP contribution in [0.2, 0.25) is 0 Å². The first-order valence-electron chi connectivity index (χ1n) is 11.1. The molecule has 1 aliphatic heterocycles. The Kier molecular flexibility index (Phi) is 6.09. The van der Waals surface area contributed by atoms with Gasteiger partial charge < -0.3 is 20.7 Å². The molecule has 2 amide bonds. The fourth-order valence-electron chi connectivity index (χ4n) is 5.43. The molecule has 2 aliphatic carbocycles. The molecule has 0 bridgehead atoms. The summed E-state index contributed by atoms with van der Waals surface area (Å²) in [6.07, 6.45) is 9.71. The number of nitrogens with one attached hydrogen (secondary N) is 3. The highest BCUT2D eigenvalue weighted by Crippen LogP contribution is 2.44. The molecule has 4 rings (SSSR count). The minimum Gasteiger partial charge on any atom is -0.495 e. The van der Waals surface area contributed by atoms with Crippen LogP contribution in [0, 0.1) is 17.3 Å². The van der Waals surface area contributed by atoms with Gasteiger partial charge in [-0.1, -0.05) is 32.1 Å². The van der Waals surface area contributed by atoms with Gasteiger partial charge >= 0.3 is 0 Å². The molecule has 1 aromatic rings. The number of benzene rings is 1. The molecule has 1 aromatic carbocycles. The van der Waals surface area contributed by atoms with Crippen molar-refractivity contribution in [3.63, 3.8) is 0 Å². The van der Waals surface area contributed by atoms with Gasteiger partial charge in [0.05, 0.1) is 18.2 Å². The smallest absolute Gasteiger partial charge is 0.232 e. The Morgan fingerprint density at radius 2 is 1.86 bits per heavy atom. The summed E-state index contributed by atoms with van der Waals surface area (Å²) in [5, 5.41) is 9.60. The first-order chi connectivity index (χ1) is 14.1. The number of hydrogen-bond acceptors (Lipinski definition) is 4. The number of carbonyl (C=O) groups is 2. The molecule has 2 atom stereocenters. The van der Waals surface area contributed by atoms with Crippen molar-refractivity contribution in [2.75, 3.05) is 30.8 Å². The van der Waals surface area contributed by atoms with Crippen LogP contribution in [-0.4, -0.2) is 32.0 Å². The van der Waals surface area contributed by atoms with Crippen molar-refractivity contribution in [2.45, 2.75) is 57.8 Å². The summed E-state index contributed by atoms with van der Waals surface area (Å²) >= 11 is 0. The number of anilines is 2. The average molecular weight is 400 g/mol. The van der Waals surface area contributed by atoms with Crippen LogP contribution < -0.4 is 20.7 Å². The second-order valence-electron chi connectivity index (χ2n) is 8.92. The van der Waals surface area contributed by atoms with Crippen molar-refractivity contribution in [3.05, 3.63) is 18.2 Å². The van der Waals surface area contributed by atoms with E-state index in [1.807, 2.05) is 18.2 Å². The molecule has 29 heavy (non-hydrogen) atoms. The van der Waals surface area contributed by atoms with E-state index in [4.69, 9.17) is 4.74 Å². The van der Waals surface area contributed by atoms with E-state index in [9.17, 15) is 9.59 Å². The Morgan fingerprint density at radius 3 is 2.66 bits per heavy atom. The Hall–Kier alpha value is -2.08. The third-order valence-corrected chi connectivity index (χ3v) is 7.18. The van der Waals surface area contributed by atoms with Crippen molar-refractivity contribution in [1.82, 2.24) is 5.32 Å². The number of ether oxygens (including phenoxy) is 1. The lowest BCUT2D eigenvalue weighted by molar-refractivity contribution is -0.128. The molecular weight excluding hydrogens is 366 g/mol. The van der Waals surface area contributed by atoms with E-state index >= 15 is 0 Å². The van der Waals surface area contributed by atoms with Crippen LogP contribution in [-0.2, 0) is 9.59 Å².